The summed E-state index contributed by atoms with van der Waals surface area (Å²) in [7, 11) is 0. The fourth-order valence-electron chi connectivity index (χ4n) is 3.29. The molecular weight excluding hydrogens is 252 g/mol. The molecule has 1 heteroatoms. The second-order valence-electron chi connectivity index (χ2n) is 7.39. The van der Waals surface area contributed by atoms with Crippen LogP contribution >= 0.6 is 11.6 Å². The first-order valence-electron chi connectivity index (χ1n) is 7.32. The lowest BCUT2D eigenvalue weighted by atomic mass is 9.82. The molecule has 0 radical (unpaired) electrons. The highest BCUT2D eigenvalue weighted by molar-refractivity contribution is 6.21. The van der Waals surface area contributed by atoms with Gasteiger partial charge in [0.05, 0.1) is 5.38 Å². The Morgan fingerprint density at radius 3 is 1.95 bits per heavy atom. The van der Waals surface area contributed by atoms with E-state index >= 15 is 0 Å². The summed E-state index contributed by atoms with van der Waals surface area (Å²) in [5.41, 5.74) is 5.72. The maximum atomic E-state index is 6.69. The molecule has 19 heavy (non-hydrogen) atoms. The first kappa shape index (κ1) is 16.6. The summed E-state index contributed by atoms with van der Waals surface area (Å²) >= 11 is 6.69. The number of benzene rings is 1. The first-order chi connectivity index (χ1) is 8.60. The molecule has 0 aliphatic rings. The summed E-state index contributed by atoms with van der Waals surface area (Å²) in [6, 6.07) is 4.48. The van der Waals surface area contributed by atoms with Crippen LogP contribution in [0.5, 0.6) is 0 Å². The van der Waals surface area contributed by atoms with Crippen LogP contribution in [0.4, 0.5) is 0 Å². The number of alkyl halides is 1. The van der Waals surface area contributed by atoms with Gasteiger partial charge >= 0.3 is 0 Å². The maximum absolute atomic E-state index is 6.69. The third-order valence-electron chi connectivity index (χ3n) is 3.62. The SMILES string of the molecule is Cc1cc(C)c(C(Cl)CC(C)CC(C)(C)C)c(C)c1. The number of halogens is 1. The summed E-state index contributed by atoms with van der Waals surface area (Å²) in [6.45, 7) is 15.7. The fourth-order valence-corrected chi connectivity index (χ4v) is 3.93. The van der Waals surface area contributed by atoms with Crippen LogP contribution in [0.25, 0.3) is 0 Å². The lowest BCUT2D eigenvalue weighted by Crippen LogP contribution is -2.13. The molecule has 0 spiro atoms. The first-order valence-corrected chi connectivity index (χ1v) is 7.75. The minimum absolute atomic E-state index is 0.137. The van der Waals surface area contributed by atoms with Crippen molar-refractivity contribution in [3.05, 3.63) is 34.4 Å². The molecule has 0 nitrogen and oxygen atoms in total. The van der Waals surface area contributed by atoms with E-state index in [-0.39, 0.29) is 5.38 Å². The number of hydrogen-bond donors (Lipinski definition) is 0. The average Bonchev–Trinajstić information content (AvgIpc) is 2.10. The van der Waals surface area contributed by atoms with Gasteiger partial charge in [-0.25, -0.2) is 0 Å². The summed E-state index contributed by atoms with van der Waals surface area (Å²) in [5.74, 6) is 0.655. The molecule has 0 bridgehead atoms. The van der Waals surface area contributed by atoms with E-state index in [9.17, 15) is 0 Å². The maximum Gasteiger partial charge on any atom is 0.0592 e. The average molecular weight is 281 g/mol. The zero-order chi connectivity index (χ0) is 14.8. The number of aryl methyl sites for hydroxylation is 3. The van der Waals surface area contributed by atoms with Gasteiger partial charge in [-0.1, -0.05) is 45.4 Å². The van der Waals surface area contributed by atoms with E-state index < -0.39 is 0 Å². The zero-order valence-electron chi connectivity index (χ0n) is 13.6. The van der Waals surface area contributed by atoms with Crippen LogP contribution in [-0.4, -0.2) is 0 Å². The van der Waals surface area contributed by atoms with Gasteiger partial charge in [-0.2, -0.15) is 0 Å². The second-order valence-corrected chi connectivity index (χ2v) is 7.91. The largest absolute Gasteiger partial charge is 0.118 e. The van der Waals surface area contributed by atoms with E-state index in [0.29, 0.717) is 11.3 Å². The Kier molecular flexibility index (Phi) is 5.50. The van der Waals surface area contributed by atoms with E-state index in [1.165, 1.54) is 28.7 Å². The Labute approximate surface area is 124 Å². The quantitative estimate of drug-likeness (QED) is 0.563. The number of rotatable bonds is 4. The second kappa shape index (κ2) is 6.31. The molecule has 0 amide bonds. The molecule has 1 aromatic carbocycles. The highest BCUT2D eigenvalue weighted by atomic mass is 35.5. The highest BCUT2D eigenvalue weighted by Gasteiger charge is 2.21. The summed E-state index contributed by atoms with van der Waals surface area (Å²) in [4.78, 5) is 0. The Morgan fingerprint density at radius 1 is 1.05 bits per heavy atom. The standard InChI is InChI=1S/C18H29Cl/c1-12-8-14(3)17(15(4)9-12)16(19)10-13(2)11-18(5,6)7/h8-9,13,16H,10-11H2,1-7H3. The summed E-state index contributed by atoms with van der Waals surface area (Å²) < 4.78 is 0. The molecule has 0 N–H and O–H groups in total. The molecular formula is C18H29Cl. The topological polar surface area (TPSA) is 0 Å². The van der Waals surface area contributed by atoms with Gasteiger partial charge in [-0.05, 0) is 61.6 Å². The lowest BCUT2D eigenvalue weighted by Gasteiger charge is -2.26. The van der Waals surface area contributed by atoms with Crippen molar-refractivity contribution >= 4 is 11.6 Å². The van der Waals surface area contributed by atoms with Crippen molar-refractivity contribution in [3.63, 3.8) is 0 Å². The molecule has 1 aromatic rings. The Bertz CT molecular complexity index is 403. The third-order valence-corrected chi connectivity index (χ3v) is 4.02. The van der Waals surface area contributed by atoms with Crippen molar-refractivity contribution in [2.45, 2.75) is 66.7 Å². The van der Waals surface area contributed by atoms with E-state index in [2.05, 4.69) is 60.6 Å². The fraction of sp³-hybridized carbons (Fsp3) is 0.667. The molecule has 0 fully saturated rings. The van der Waals surface area contributed by atoms with Crippen LogP contribution in [0.15, 0.2) is 12.1 Å². The van der Waals surface area contributed by atoms with Gasteiger partial charge in [0, 0.05) is 0 Å². The van der Waals surface area contributed by atoms with Crippen molar-refractivity contribution < 1.29 is 0 Å². The van der Waals surface area contributed by atoms with Gasteiger partial charge in [-0.15, -0.1) is 11.6 Å². The predicted molar refractivity (Wildman–Crippen MR) is 87.1 cm³/mol. The molecule has 0 aliphatic carbocycles. The highest BCUT2D eigenvalue weighted by Crippen LogP contribution is 2.36. The molecule has 0 aromatic heterocycles. The monoisotopic (exact) mass is 280 g/mol. The summed E-state index contributed by atoms with van der Waals surface area (Å²) in [6.07, 6.45) is 2.28. The van der Waals surface area contributed by atoms with Gasteiger partial charge < -0.3 is 0 Å². The molecule has 108 valence electrons. The predicted octanol–water partition coefficient (Wildman–Crippen LogP) is 6.35. The van der Waals surface area contributed by atoms with Crippen LogP contribution in [0, 0.1) is 32.1 Å². The van der Waals surface area contributed by atoms with Gasteiger partial charge in [-0.3, -0.25) is 0 Å². The van der Waals surface area contributed by atoms with Crippen LogP contribution in [0.1, 0.15) is 68.2 Å². The normalized spacial score (nSPS) is 15.4. The van der Waals surface area contributed by atoms with Gasteiger partial charge in [0.2, 0.25) is 0 Å². The minimum atomic E-state index is 0.137. The zero-order valence-corrected chi connectivity index (χ0v) is 14.4. The smallest absolute Gasteiger partial charge is 0.0592 e. The number of hydrogen-bond acceptors (Lipinski definition) is 0. The van der Waals surface area contributed by atoms with Crippen LogP contribution in [0.2, 0.25) is 0 Å². The van der Waals surface area contributed by atoms with Gasteiger partial charge in [0.15, 0.2) is 0 Å². The Hall–Kier alpha value is -0.490. The van der Waals surface area contributed by atoms with Crippen molar-refractivity contribution in [3.8, 4) is 0 Å². The van der Waals surface area contributed by atoms with Crippen molar-refractivity contribution in [1.29, 1.82) is 0 Å². The Morgan fingerprint density at radius 2 is 1.53 bits per heavy atom. The van der Waals surface area contributed by atoms with E-state index in [1.54, 1.807) is 0 Å². The molecule has 2 unspecified atom stereocenters. The van der Waals surface area contributed by atoms with E-state index in [4.69, 9.17) is 11.6 Å². The molecule has 0 saturated heterocycles. The molecule has 0 saturated carbocycles. The summed E-state index contributed by atoms with van der Waals surface area (Å²) in [5, 5.41) is 0.137. The van der Waals surface area contributed by atoms with Gasteiger partial charge in [0.1, 0.15) is 0 Å². The van der Waals surface area contributed by atoms with Crippen LogP contribution in [-0.2, 0) is 0 Å². The van der Waals surface area contributed by atoms with Gasteiger partial charge in [0.25, 0.3) is 0 Å². The minimum Gasteiger partial charge on any atom is -0.118 e. The Balaban J connectivity index is 2.81. The van der Waals surface area contributed by atoms with E-state index in [1.807, 2.05) is 0 Å². The van der Waals surface area contributed by atoms with Crippen molar-refractivity contribution in [2.75, 3.05) is 0 Å². The van der Waals surface area contributed by atoms with Crippen LogP contribution < -0.4 is 0 Å². The van der Waals surface area contributed by atoms with E-state index in [0.717, 1.165) is 6.42 Å². The molecule has 0 heterocycles. The molecule has 0 aliphatic heterocycles. The molecule has 2 atom stereocenters. The molecule has 1 rings (SSSR count). The lowest BCUT2D eigenvalue weighted by molar-refractivity contribution is 0.295. The van der Waals surface area contributed by atoms with Crippen molar-refractivity contribution in [2.24, 2.45) is 11.3 Å². The van der Waals surface area contributed by atoms with Crippen LogP contribution in [0.3, 0.4) is 0 Å². The third kappa shape index (κ3) is 5.18. The van der Waals surface area contributed by atoms with Crippen molar-refractivity contribution in [1.82, 2.24) is 0 Å².